The SMILES string of the molecule is COc1ccc(-n2nc(-c3ccccc3)c3c2N(CC(=O)NCC2CCCO2)C(=O)CSC3c2ccc3c(c2)OCO3)cc1. The fourth-order valence-corrected chi connectivity index (χ4v) is 6.99. The van der Waals surface area contributed by atoms with Crippen molar-refractivity contribution in [3.05, 3.63) is 83.9 Å². The maximum absolute atomic E-state index is 14.0. The van der Waals surface area contributed by atoms with Crippen molar-refractivity contribution in [1.82, 2.24) is 15.1 Å². The molecule has 0 aliphatic carbocycles. The van der Waals surface area contributed by atoms with Gasteiger partial charge in [0.15, 0.2) is 11.5 Å². The van der Waals surface area contributed by atoms with Crippen LogP contribution < -0.4 is 24.4 Å². The van der Waals surface area contributed by atoms with E-state index in [1.54, 1.807) is 16.7 Å². The number of anilines is 1. The van der Waals surface area contributed by atoms with Crippen molar-refractivity contribution in [2.75, 3.05) is 44.3 Å². The lowest BCUT2D eigenvalue weighted by molar-refractivity contribution is -0.123. The van der Waals surface area contributed by atoms with Crippen LogP contribution in [0.2, 0.25) is 0 Å². The number of hydrogen-bond acceptors (Lipinski definition) is 8. The largest absolute Gasteiger partial charge is 0.497 e. The van der Waals surface area contributed by atoms with Crippen LogP contribution >= 0.6 is 11.8 Å². The number of thioether (sulfide) groups is 1. The molecular formula is C33H32N4O6S. The molecule has 2 atom stereocenters. The Hall–Kier alpha value is -4.48. The van der Waals surface area contributed by atoms with Gasteiger partial charge >= 0.3 is 0 Å². The maximum atomic E-state index is 14.0. The van der Waals surface area contributed by atoms with E-state index in [0.717, 1.165) is 40.9 Å². The van der Waals surface area contributed by atoms with E-state index in [2.05, 4.69) is 5.32 Å². The second-order valence-electron chi connectivity index (χ2n) is 10.8. The lowest BCUT2D eigenvalue weighted by Crippen LogP contribution is -2.44. The number of methoxy groups -OCH3 is 1. The van der Waals surface area contributed by atoms with Crippen molar-refractivity contribution in [3.8, 4) is 34.2 Å². The van der Waals surface area contributed by atoms with Crippen LogP contribution in [0.15, 0.2) is 72.8 Å². The molecule has 1 fully saturated rings. The number of aromatic nitrogens is 2. The summed E-state index contributed by atoms with van der Waals surface area (Å²) in [5, 5.41) is 7.84. The number of amides is 2. The third-order valence-electron chi connectivity index (χ3n) is 8.01. The van der Waals surface area contributed by atoms with Gasteiger partial charge in [0, 0.05) is 24.3 Å². The predicted octanol–water partition coefficient (Wildman–Crippen LogP) is 4.74. The van der Waals surface area contributed by atoms with Crippen molar-refractivity contribution in [2.24, 2.45) is 0 Å². The highest BCUT2D eigenvalue weighted by atomic mass is 32.2. The number of benzene rings is 3. The Morgan fingerprint density at radius 1 is 1.07 bits per heavy atom. The van der Waals surface area contributed by atoms with Gasteiger partial charge in [-0.1, -0.05) is 36.4 Å². The van der Waals surface area contributed by atoms with E-state index < -0.39 is 0 Å². The van der Waals surface area contributed by atoms with Gasteiger partial charge in [0.1, 0.15) is 18.1 Å². The van der Waals surface area contributed by atoms with E-state index in [-0.39, 0.29) is 42.3 Å². The summed E-state index contributed by atoms with van der Waals surface area (Å²) in [7, 11) is 1.62. The molecule has 7 rings (SSSR count). The standard InChI is InChI=1S/C33H32N4O6S/c1-40-24-12-10-23(11-13-24)37-33-30(31(35-37)21-6-3-2-4-7-21)32(22-9-14-26-27(16-22)43-20-42-26)44-19-29(39)36(33)18-28(38)34-17-25-8-5-15-41-25/h2-4,6-7,9-14,16,25,32H,5,8,15,17-20H2,1H3,(H,34,38). The first-order valence-corrected chi connectivity index (χ1v) is 15.7. The highest BCUT2D eigenvalue weighted by molar-refractivity contribution is 8.00. The van der Waals surface area contributed by atoms with Gasteiger partial charge in [-0.15, -0.1) is 11.8 Å². The van der Waals surface area contributed by atoms with Gasteiger partial charge in [0.2, 0.25) is 18.6 Å². The molecular weight excluding hydrogens is 580 g/mol. The fourth-order valence-electron chi connectivity index (χ4n) is 5.80. The van der Waals surface area contributed by atoms with E-state index in [1.165, 1.54) is 11.8 Å². The predicted molar refractivity (Wildman–Crippen MR) is 167 cm³/mol. The molecule has 11 heteroatoms. The van der Waals surface area contributed by atoms with Gasteiger partial charge < -0.3 is 24.3 Å². The zero-order valence-corrected chi connectivity index (χ0v) is 25.0. The minimum absolute atomic E-state index is 0.00481. The van der Waals surface area contributed by atoms with Gasteiger partial charge in [-0.25, -0.2) is 4.68 Å². The Bertz CT molecular complexity index is 1670. The number of nitrogens with zero attached hydrogens (tertiary/aromatic N) is 3. The molecule has 4 heterocycles. The first-order valence-electron chi connectivity index (χ1n) is 14.6. The van der Waals surface area contributed by atoms with Crippen LogP contribution in [0.3, 0.4) is 0 Å². The van der Waals surface area contributed by atoms with Crippen LogP contribution in [0.4, 0.5) is 5.82 Å². The summed E-state index contributed by atoms with van der Waals surface area (Å²) < 4.78 is 24.2. The third-order valence-corrected chi connectivity index (χ3v) is 9.26. The van der Waals surface area contributed by atoms with Crippen LogP contribution in [0.5, 0.6) is 17.2 Å². The van der Waals surface area contributed by atoms with E-state index in [4.69, 9.17) is 24.0 Å². The van der Waals surface area contributed by atoms with Crippen LogP contribution in [-0.2, 0) is 14.3 Å². The second-order valence-corrected chi connectivity index (χ2v) is 11.9. The van der Waals surface area contributed by atoms with E-state index in [0.29, 0.717) is 36.2 Å². The molecule has 3 aliphatic heterocycles. The molecule has 44 heavy (non-hydrogen) atoms. The van der Waals surface area contributed by atoms with Crippen molar-refractivity contribution >= 4 is 29.4 Å². The number of fused-ring (bicyclic) bond motifs is 2. The van der Waals surface area contributed by atoms with Crippen molar-refractivity contribution < 1.29 is 28.5 Å². The van der Waals surface area contributed by atoms with Crippen LogP contribution in [-0.4, -0.2) is 67.1 Å². The molecule has 0 saturated carbocycles. The Morgan fingerprint density at radius 2 is 1.89 bits per heavy atom. The summed E-state index contributed by atoms with van der Waals surface area (Å²) in [5.41, 5.74) is 4.15. The Morgan fingerprint density at radius 3 is 2.66 bits per heavy atom. The lowest BCUT2D eigenvalue weighted by Gasteiger charge is -2.23. The molecule has 2 amide bonds. The van der Waals surface area contributed by atoms with Crippen molar-refractivity contribution in [1.29, 1.82) is 0 Å². The molecule has 4 aromatic rings. The third kappa shape index (κ3) is 5.48. The molecule has 10 nitrogen and oxygen atoms in total. The summed E-state index contributed by atoms with van der Waals surface area (Å²) in [6, 6.07) is 23.3. The summed E-state index contributed by atoms with van der Waals surface area (Å²) >= 11 is 1.51. The van der Waals surface area contributed by atoms with E-state index in [9.17, 15) is 9.59 Å². The van der Waals surface area contributed by atoms with Crippen molar-refractivity contribution in [3.63, 3.8) is 0 Å². The highest BCUT2D eigenvalue weighted by Crippen LogP contribution is 2.50. The average Bonchev–Trinajstić information content (AvgIpc) is 3.82. The van der Waals surface area contributed by atoms with Gasteiger partial charge in [0.05, 0.1) is 35.6 Å². The monoisotopic (exact) mass is 612 g/mol. The average molecular weight is 613 g/mol. The fraction of sp³-hybridized carbons (Fsp3) is 0.303. The molecule has 3 aromatic carbocycles. The van der Waals surface area contributed by atoms with E-state index in [1.807, 2.05) is 72.8 Å². The smallest absolute Gasteiger partial charge is 0.240 e. The molecule has 1 aromatic heterocycles. The first kappa shape index (κ1) is 28.3. The van der Waals surface area contributed by atoms with Crippen molar-refractivity contribution in [2.45, 2.75) is 24.2 Å². The highest BCUT2D eigenvalue weighted by Gasteiger charge is 2.38. The second kappa shape index (κ2) is 12.3. The van der Waals surface area contributed by atoms with Crippen LogP contribution in [0, 0.1) is 0 Å². The van der Waals surface area contributed by atoms with Crippen LogP contribution in [0.25, 0.3) is 16.9 Å². The lowest BCUT2D eigenvalue weighted by atomic mass is 9.99. The number of ether oxygens (including phenoxy) is 4. The number of rotatable bonds is 8. The molecule has 226 valence electrons. The number of hydrogen-bond donors (Lipinski definition) is 1. The number of carbonyl (C=O) groups is 2. The normalized spacial score (nSPS) is 19.0. The van der Waals surface area contributed by atoms with Gasteiger partial charge in [-0.2, -0.15) is 5.10 Å². The Labute approximate surface area is 259 Å². The van der Waals surface area contributed by atoms with Gasteiger partial charge in [-0.05, 0) is 54.8 Å². The minimum atomic E-state index is -0.286. The summed E-state index contributed by atoms with van der Waals surface area (Å²) in [4.78, 5) is 28.9. The summed E-state index contributed by atoms with van der Waals surface area (Å²) in [5.74, 6) is 2.34. The Kier molecular flexibility index (Phi) is 7.88. The molecule has 0 radical (unpaired) electrons. The van der Waals surface area contributed by atoms with Gasteiger partial charge in [0.25, 0.3) is 0 Å². The first-order chi connectivity index (χ1) is 21.6. The molecule has 1 saturated heterocycles. The Balaban J connectivity index is 1.38. The molecule has 2 unspecified atom stereocenters. The zero-order chi connectivity index (χ0) is 30.0. The molecule has 3 aliphatic rings. The molecule has 0 spiro atoms. The maximum Gasteiger partial charge on any atom is 0.240 e. The van der Waals surface area contributed by atoms with Gasteiger partial charge in [-0.3, -0.25) is 14.5 Å². The van der Waals surface area contributed by atoms with Crippen LogP contribution in [0.1, 0.15) is 29.2 Å². The topological polar surface area (TPSA) is 104 Å². The summed E-state index contributed by atoms with van der Waals surface area (Å²) in [6.45, 7) is 1.13. The quantitative estimate of drug-likeness (QED) is 0.304. The zero-order valence-electron chi connectivity index (χ0n) is 24.2. The minimum Gasteiger partial charge on any atom is -0.497 e. The number of carbonyl (C=O) groups excluding carboxylic acids is 2. The number of nitrogens with one attached hydrogen (secondary N) is 1. The molecule has 1 N–H and O–H groups in total. The van der Waals surface area contributed by atoms with E-state index >= 15 is 0 Å². The summed E-state index contributed by atoms with van der Waals surface area (Å²) in [6.07, 6.45) is 1.89. The molecule has 0 bridgehead atoms.